The maximum atomic E-state index is 12.9. The average molecular weight is 456 g/mol. The van der Waals surface area contributed by atoms with Gasteiger partial charge >= 0.3 is 0 Å². The van der Waals surface area contributed by atoms with Gasteiger partial charge in [0.25, 0.3) is 0 Å². The van der Waals surface area contributed by atoms with Crippen molar-refractivity contribution < 1.29 is 14.4 Å². The van der Waals surface area contributed by atoms with Gasteiger partial charge in [0.05, 0.1) is 6.04 Å². The number of rotatable bonds is 10. The number of Topliss-reactive ketones (excluding diaryl/α,β-unsaturated/α-hetero) is 1. The van der Waals surface area contributed by atoms with Gasteiger partial charge < -0.3 is 15.4 Å². The van der Waals surface area contributed by atoms with Gasteiger partial charge in [-0.1, -0.05) is 42.5 Å². The molecule has 0 spiro atoms. The SMILES string of the molecule is CC(=O)CCCCCC(NC(=O)C1CCCCN1C)C(=O)Nc1cc(Cl)cc(Cl)c1. The molecule has 6 nitrogen and oxygen atoms in total. The number of carbonyl (C=O) groups is 3. The van der Waals surface area contributed by atoms with E-state index < -0.39 is 6.04 Å². The summed E-state index contributed by atoms with van der Waals surface area (Å²) in [6.07, 6.45) is 6.26. The Hall–Kier alpha value is -1.63. The highest BCUT2D eigenvalue weighted by Crippen LogP contribution is 2.23. The molecule has 0 bridgehead atoms. The van der Waals surface area contributed by atoms with Gasteiger partial charge in [-0.25, -0.2) is 0 Å². The van der Waals surface area contributed by atoms with E-state index in [0.29, 0.717) is 28.6 Å². The number of likely N-dealkylation sites (N-methyl/N-ethyl adjacent to an activating group) is 1. The average Bonchev–Trinajstić information content (AvgIpc) is 2.65. The van der Waals surface area contributed by atoms with E-state index in [1.807, 2.05) is 11.9 Å². The topological polar surface area (TPSA) is 78.5 Å². The zero-order valence-electron chi connectivity index (χ0n) is 17.7. The Morgan fingerprint density at radius 3 is 2.43 bits per heavy atom. The Labute approximate surface area is 188 Å². The number of ketones is 1. The number of hydrogen-bond acceptors (Lipinski definition) is 4. The monoisotopic (exact) mass is 455 g/mol. The van der Waals surface area contributed by atoms with E-state index in [9.17, 15) is 14.4 Å². The van der Waals surface area contributed by atoms with E-state index in [1.165, 1.54) is 0 Å². The third-order valence-electron chi connectivity index (χ3n) is 5.36. The lowest BCUT2D eigenvalue weighted by atomic mass is 10.0. The molecule has 166 valence electrons. The standard InChI is InChI=1S/C22H31Cl2N3O3/c1-15(28)8-4-3-5-9-19(26-22(30)20-10-6-7-11-27(20)2)21(29)25-18-13-16(23)12-17(24)14-18/h12-14,19-20H,3-11H2,1-2H3,(H,25,29)(H,26,30). The van der Waals surface area contributed by atoms with Crippen molar-refractivity contribution in [1.29, 1.82) is 0 Å². The molecule has 0 radical (unpaired) electrons. The predicted molar refractivity (Wildman–Crippen MR) is 121 cm³/mol. The largest absolute Gasteiger partial charge is 0.343 e. The number of carbonyl (C=O) groups excluding carboxylic acids is 3. The lowest BCUT2D eigenvalue weighted by molar-refractivity contribution is -0.131. The zero-order valence-corrected chi connectivity index (χ0v) is 19.2. The Bertz CT molecular complexity index is 737. The molecule has 0 aromatic heterocycles. The predicted octanol–water partition coefficient (Wildman–Crippen LogP) is 4.44. The van der Waals surface area contributed by atoms with E-state index in [0.717, 1.165) is 45.1 Å². The third-order valence-corrected chi connectivity index (χ3v) is 5.79. The summed E-state index contributed by atoms with van der Waals surface area (Å²) in [5.41, 5.74) is 0.489. The van der Waals surface area contributed by atoms with Crippen molar-refractivity contribution in [3.63, 3.8) is 0 Å². The van der Waals surface area contributed by atoms with Crippen LogP contribution in [0.1, 0.15) is 58.3 Å². The van der Waals surface area contributed by atoms with Crippen LogP contribution in [0, 0.1) is 0 Å². The fourth-order valence-corrected chi connectivity index (χ4v) is 4.22. The molecule has 8 heteroatoms. The molecule has 1 saturated heterocycles. The van der Waals surface area contributed by atoms with Crippen LogP contribution >= 0.6 is 23.2 Å². The van der Waals surface area contributed by atoms with Crippen molar-refractivity contribution in [2.45, 2.75) is 70.4 Å². The molecule has 30 heavy (non-hydrogen) atoms. The van der Waals surface area contributed by atoms with Gasteiger partial charge in [-0.05, 0) is 64.4 Å². The maximum Gasteiger partial charge on any atom is 0.246 e. The van der Waals surface area contributed by atoms with Crippen molar-refractivity contribution in [1.82, 2.24) is 10.2 Å². The minimum atomic E-state index is -0.664. The van der Waals surface area contributed by atoms with E-state index in [4.69, 9.17) is 23.2 Å². The van der Waals surface area contributed by atoms with Crippen molar-refractivity contribution in [3.8, 4) is 0 Å². The van der Waals surface area contributed by atoms with Crippen LogP contribution < -0.4 is 10.6 Å². The van der Waals surface area contributed by atoms with Gasteiger partial charge in [-0.15, -0.1) is 0 Å². The van der Waals surface area contributed by atoms with E-state index in [1.54, 1.807) is 25.1 Å². The van der Waals surface area contributed by atoms with Gasteiger partial charge in [-0.2, -0.15) is 0 Å². The number of halogens is 2. The van der Waals surface area contributed by atoms with Crippen LogP contribution in [0.15, 0.2) is 18.2 Å². The molecule has 0 saturated carbocycles. The molecule has 1 fully saturated rings. The van der Waals surface area contributed by atoms with Crippen LogP contribution in [0.25, 0.3) is 0 Å². The summed E-state index contributed by atoms with van der Waals surface area (Å²) in [6.45, 7) is 2.45. The summed E-state index contributed by atoms with van der Waals surface area (Å²) in [4.78, 5) is 38.9. The fraction of sp³-hybridized carbons (Fsp3) is 0.591. The Kier molecular flexibility index (Phi) is 10.1. The first kappa shape index (κ1) is 24.6. The molecular weight excluding hydrogens is 425 g/mol. The number of nitrogens with one attached hydrogen (secondary N) is 2. The summed E-state index contributed by atoms with van der Waals surface area (Å²) in [5.74, 6) is -0.257. The molecule has 2 N–H and O–H groups in total. The number of likely N-dealkylation sites (tertiary alicyclic amines) is 1. The highest BCUT2D eigenvalue weighted by molar-refractivity contribution is 6.35. The number of piperidine rings is 1. The molecule has 1 heterocycles. The minimum absolute atomic E-state index is 0.120. The quantitative estimate of drug-likeness (QED) is 0.511. The van der Waals surface area contributed by atoms with Crippen molar-refractivity contribution >= 4 is 46.5 Å². The zero-order chi connectivity index (χ0) is 22.1. The van der Waals surface area contributed by atoms with Crippen LogP contribution in [-0.2, 0) is 14.4 Å². The molecule has 1 aromatic rings. The normalized spacial score (nSPS) is 17.9. The van der Waals surface area contributed by atoms with Crippen molar-refractivity contribution in [2.75, 3.05) is 18.9 Å². The highest BCUT2D eigenvalue weighted by atomic mass is 35.5. The first-order chi connectivity index (χ1) is 14.3. The molecule has 1 aliphatic rings. The number of benzene rings is 1. The number of amides is 2. The lowest BCUT2D eigenvalue weighted by Crippen LogP contribution is -2.53. The third kappa shape index (κ3) is 8.25. The van der Waals surface area contributed by atoms with Crippen LogP contribution in [0.5, 0.6) is 0 Å². The summed E-state index contributed by atoms with van der Waals surface area (Å²) < 4.78 is 0. The molecule has 2 atom stereocenters. The van der Waals surface area contributed by atoms with Gasteiger partial charge in [0, 0.05) is 22.2 Å². The van der Waals surface area contributed by atoms with Crippen molar-refractivity contribution in [3.05, 3.63) is 28.2 Å². The van der Waals surface area contributed by atoms with E-state index in [-0.39, 0.29) is 23.6 Å². The summed E-state index contributed by atoms with van der Waals surface area (Å²) in [5, 5.41) is 6.60. The van der Waals surface area contributed by atoms with Crippen LogP contribution in [0.2, 0.25) is 10.0 Å². The van der Waals surface area contributed by atoms with Gasteiger partial charge in [0.15, 0.2) is 0 Å². The molecular formula is C22H31Cl2N3O3. The Morgan fingerprint density at radius 2 is 1.80 bits per heavy atom. The lowest BCUT2D eigenvalue weighted by Gasteiger charge is -2.32. The molecule has 1 aliphatic heterocycles. The van der Waals surface area contributed by atoms with Gasteiger partial charge in [-0.3, -0.25) is 14.5 Å². The number of nitrogens with zero attached hydrogens (tertiary/aromatic N) is 1. The number of anilines is 1. The second kappa shape index (κ2) is 12.3. The minimum Gasteiger partial charge on any atom is -0.343 e. The van der Waals surface area contributed by atoms with Gasteiger partial charge in [0.2, 0.25) is 11.8 Å². The Morgan fingerprint density at radius 1 is 1.10 bits per heavy atom. The fourth-order valence-electron chi connectivity index (χ4n) is 3.70. The molecule has 1 aromatic carbocycles. The Balaban J connectivity index is 2.02. The van der Waals surface area contributed by atoms with E-state index in [2.05, 4.69) is 10.6 Å². The first-order valence-electron chi connectivity index (χ1n) is 10.5. The number of unbranched alkanes of at least 4 members (excludes halogenated alkanes) is 2. The van der Waals surface area contributed by atoms with Crippen LogP contribution in [-0.4, -0.2) is 48.2 Å². The first-order valence-corrected chi connectivity index (χ1v) is 11.3. The smallest absolute Gasteiger partial charge is 0.246 e. The molecule has 2 amide bonds. The molecule has 0 aliphatic carbocycles. The summed E-state index contributed by atoms with van der Waals surface area (Å²) in [6, 6.07) is 3.94. The van der Waals surface area contributed by atoms with Gasteiger partial charge in [0.1, 0.15) is 11.8 Å². The highest BCUT2D eigenvalue weighted by Gasteiger charge is 2.29. The number of hydrogen-bond donors (Lipinski definition) is 2. The molecule has 2 unspecified atom stereocenters. The van der Waals surface area contributed by atoms with Crippen LogP contribution in [0.4, 0.5) is 5.69 Å². The summed E-state index contributed by atoms with van der Waals surface area (Å²) in [7, 11) is 1.94. The maximum absolute atomic E-state index is 12.9. The second-order valence-corrected chi connectivity index (χ2v) is 8.87. The second-order valence-electron chi connectivity index (χ2n) is 8.00. The van der Waals surface area contributed by atoms with Crippen molar-refractivity contribution in [2.24, 2.45) is 0 Å². The molecule has 2 rings (SSSR count). The van der Waals surface area contributed by atoms with Crippen LogP contribution in [0.3, 0.4) is 0 Å². The summed E-state index contributed by atoms with van der Waals surface area (Å²) >= 11 is 12.0. The van der Waals surface area contributed by atoms with E-state index >= 15 is 0 Å².